The maximum atomic E-state index is 14.1. The molecule has 1 aromatic heterocycles. The molecule has 4 N–H and O–H groups in total. The summed E-state index contributed by atoms with van der Waals surface area (Å²) in [5.41, 5.74) is 11.3. The van der Waals surface area contributed by atoms with Crippen molar-refractivity contribution < 1.29 is 19.1 Å². The van der Waals surface area contributed by atoms with E-state index in [1.54, 1.807) is 60.9 Å². The fourth-order valence-electron chi connectivity index (χ4n) is 3.59. The Morgan fingerprint density at radius 1 is 1.23 bits per heavy atom. The van der Waals surface area contributed by atoms with Gasteiger partial charge in [-0.3, -0.25) is 15.2 Å². The molecule has 0 radical (unpaired) electrons. The Bertz CT molecular complexity index is 1150. The van der Waals surface area contributed by atoms with Gasteiger partial charge in [-0.15, -0.1) is 0 Å². The Balaban J connectivity index is 1.96. The smallest absolute Gasteiger partial charge is 0.233 e. The van der Waals surface area contributed by atoms with Crippen LogP contribution >= 0.6 is 0 Å². The molecule has 1 unspecified atom stereocenters. The SMILES string of the molecule is CC(=O)NN1OC(c2ccccc2O)=C(c2ccncc2)C1c1ccc(F)c(CN)c1. The maximum absolute atomic E-state index is 14.1. The Kier molecular flexibility index (Phi) is 5.66. The van der Waals surface area contributed by atoms with Crippen molar-refractivity contribution in [1.82, 2.24) is 15.6 Å². The predicted molar refractivity (Wildman–Crippen MR) is 113 cm³/mol. The lowest BCUT2D eigenvalue weighted by molar-refractivity contribution is -0.159. The van der Waals surface area contributed by atoms with Crippen LogP contribution in [0.5, 0.6) is 5.75 Å². The molecule has 0 bridgehead atoms. The van der Waals surface area contributed by atoms with Crippen LogP contribution in [0.25, 0.3) is 11.3 Å². The van der Waals surface area contributed by atoms with Crippen molar-refractivity contribution in [3.8, 4) is 5.75 Å². The zero-order valence-electron chi connectivity index (χ0n) is 16.7. The van der Waals surface area contributed by atoms with Crippen LogP contribution in [0, 0.1) is 5.82 Å². The van der Waals surface area contributed by atoms with E-state index in [2.05, 4.69) is 10.4 Å². The highest BCUT2D eigenvalue weighted by Crippen LogP contribution is 2.48. The number of para-hydroxylation sites is 1. The molecule has 3 aromatic rings. The molecule has 158 valence electrons. The third-order valence-corrected chi connectivity index (χ3v) is 4.96. The summed E-state index contributed by atoms with van der Waals surface area (Å²) in [6.07, 6.45) is 3.28. The van der Waals surface area contributed by atoms with Gasteiger partial charge in [-0.05, 0) is 52.7 Å². The largest absolute Gasteiger partial charge is 0.507 e. The molecule has 1 atom stereocenters. The Labute approximate surface area is 178 Å². The van der Waals surface area contributed by atoms with Crippen LogP contribution in [0.3, 0.4) is 0 Å². The molecule has 1 amide bonds. The number of carbonyl (C=O) groups excluding carboxylic acids is 1. The van der Waals surface area contributed by atoms with Crippen LogP contribution in [-0.4, -0.2) is 21.2 Å². The Morgan fingerprint density at radius 3 is 2.65 bits per heavy atom. The van der Waals surface area contributed by atoms with Gasteiger partial charge < -0.3 is 15.7 Å². The van der Waals surface area contributed by atoms with Gasteiger partial charge in [0.05, 0.1) is 5.56 Å². The number of phenols is 1. The fraction of sp³-hybridized carbons (Fsp3) is 0.130. The molecule has 7 nitrogen and oxygen atoms in total. The van der Waals surface area contributed by atoms with Crippen LogP contribution in [0.2, 0.25) is 0 Å². The number of carbonyl (C=O) groups is 1. The van der Waals surface area contributed by atoms with Gasteiger partial charge in [0.25, 0.3) is 0 Å². The number of phenolic OH excluding ortho intramolecular Hbond substituents is 1. The monoisotopic (exact) mass is 420 g/mol. The number of nitrogens with zero attached hydrogens (tertiary/aromatic N) is 2. The molecule has 8 heteroatoms. The lowest BCUT2D eigenvalue weighted by Gasteiger charge is -2.25. The highest BCUT2D eigenvalue weighted by molar-refractivity contribution is 5.93. The number of benzene rings is 2. The molecule has 0 saturated heterocycles. The van der Waals surface area contributed by atoms with Crippen LogP contribution in [0.1, 0.15) is 35.2 Å². The van der Waals surface area contributed by atoms with E-state index < -0.39 is 11.9 Å². The number of pyridine rings is 1. The summed E-state index contributed by atoms with van der Waals surface area (Å²) in [5, 5.41) is 11.8. The average Bonchev–Trinajstić information content (AvgIpc) is 3.13. The molecule has 2 heterocycles. The highest BCUT2D eigenvalue weighted by Gasteiger charge is 2.39. The molecule has 4 rings (SSSR count). The van der Waals surface area contributed by atoms with Crippen LogP contribution in [-0.2, 0) is 16.2 Å². The first-order chi connectivity index (χ1) is 15.0. The van der Waals surface area contributed by atoms with Gasteiger partial charge >= 0.3 is 0 Å². The number of hydrazine groups is 1. The topological polar surface area (TPSA) is 101 Å². The third-order valence-electron chi connectivity index (χ3n) is 4.96. The van der Waals surface area contributed by atoms with Gasteiger partial charge in [0.2, 0.25) is 5.91 Å². The molecule has 1 aliphatic heterocycles. The standard InChI is InChI=1S/C23H21FN4O3/c1-14(29)27-28-22(16-6-7-19(24)17(12-16)13-25)21(15-8-10-26-11-9-15)23(31-28)18-4-2-3-5-20(18)30/h2-12,22,30H,13,25H2,1H3,(H,27,29). The fourth-order valence-corrected chi connectivity index (χ4v) is 3.59. The molecule has 31 heavy (non-hydrogen) atoms. The van der Waals surface area contributed by atoms with Crippen molar-refractivity contribution in [3.05, 3.63) is 95.1 Å². The number of nitrogens with one attached hydrogen (secondary N) is 1. The second kappa shape index (κ2) is 8.55. The summed E-state index contributed by atoms with van der Waals surface area (Å²) >= 11 is 0. The van der Waals surface area contributed by atoms with Crippen molar-refractivity contribution in [2.45, 2.75) is 19.5 Å². The highest BCUT2D eigenvalue weighted by atomic mass is 19.1. The Hall–Kier alpha value is -3.75. The van der Waals surface area contributed by atoms with Gasteiger partial charge in [0, 0.05) is 37.0 Å². The number of aromatic nitrogens is 1. The minimum Gasteiger partial charge on any atom is -0.507 e. The van der Waals surface area contributed by atoms with Crippen molar-refractivity contribution in [3.63, 3.8) is 0 Å². The third kappa shape index (κ3) is 3.98. The van der Waals surface area contributed by atoms with Gasteiger partial charge in [0.1, 0.15) is 17.6 Å². The van der Waals surface area contributed by atoms with E-state index in [1.165, 1.54) is 18.2 Å². The molecule has 0 aliphatic carbocycles. The predicted octanol–water partition coefficient (Wildman–Crippen LogP) is 3.29. The summed E-state index contributed by atoms with van der Waals surface area (Å²) < 4.78 is 14.1. The normalized spacial score (nSPS) is 16.3. The summed E-state index contributed by atoms with van der Waals surface area (Å²) in [5.74, 6) is -0.374. The maximum Gasteiger partial charge on any atom is 0.233 e. The second-order valence-corrected chi connectivity index (χ2v) is 7.04. The number of hydroxylamine groups is 1. The van der Waals surface area contributed by atoms with Crippen LogP contribution < -0.4 is 11.2 Å². The van der Waals surface area contributed by atoms with Gasteiger partial charge in [-0.2, -0.15) is 0 Å². The lowest BCUT2D eigenvalue weighted by atomic mass is 9.90. The minimum absolute atomic E-state index is 0.0218. The lowest BCUT2D eigenvalue weighted by Crippen LogP contribution is -2.40. The first kappa shape index (κ1) is 20.5. The first-order valence-corrected chi connectivity index (χ1v) is 9.65. The molecule has 2 aromatic carbocycles. The quantitative estimate of drug-likeness (QED) is 0.586. The van der Waals surface area contributed by atoms with E-state index in [4.69, 9.17) is 10.6 Å². The van der Waals surface area contributed by atoms with Crippen molar-refractivity contribution >= 4 is 17.2 Å². The molecular weight excluding hydrogens is 399 g/mol. The second-order valence-electron chi connectivity index (χ2n) is 7.04. The van der Waals surface area contributed by atoms with E-state index in [0.29, 0.717) is 28.0 Å². The number of aromatic hydroxyl groups is 1. The van der Waals surface area contributed by atoms with Crippen molar-refractivity contribution in [2.24, 2.45) is 5.73 Å². The zero-order valence-corrected chi connectivity index (χ0v) is 16.7. The number of nitrogens with two attached hydrogens (primary N) is 1. The first-order valence-electron chi connectivity index (χ1n) is 9.65. The number of hydrogen-bond acceptors (Lipinski definition) is 6. The minimum atomic E-state index is -0.633. The summed E-state index contributed by atoms with van der Waals surface area (Å²) in [6.45, 7) is 1.38. The molecule has 0 saturated carbocycles. The summed E-state index contributed by atoms with van der Waals surface area (Å²) in [7, 11) is 0. The van der Waals surface area contributed by atoms with Crippen LogP contribution in [0.4, 0.5) is 4.39 Å². The van der Waals surface area contributed by atoms with E-state index in [0.717, 1.165) is 5.56 Å². The summed E-state index contributed by atoms with van der Waals surface area (Å²) in [4.78, 5) is 22.0. The number of amides is 1. The number of halogens is 1. The van der Waals surface area contributed by atoms with E-state index >= 15 is 0 Å². The van der Waals surface area contributed by atoms with Gasteiger partial charge in [0.15, 0.2) is 5.76 Å². The van der Waals surface area contributed by atoms with E-state index in [1.807, 2.05) is 0 Å². The number of rotatable bonds is 5. The molecule has 0 fully saturated rings. The van der Waals surface area contributed by atoms with Crippen LogP contribution in [0.15, 0.2) is 67.0 Å². The Morgan fingerprint density at radius 2 is 1.97 bits per heavy atom. The number of hydrogen-bond donors (Lipinski definition) is 3. The average molecular weight is 420 g/mol. The van der Waals surface area contributed by atoms with E-state index in [9.17, 15) is 14.3 Å². The van der Waals surface area contributed by atoms with Crippen molar-refractivity contribution in [2.75, 3.05) is 0 Å². The molecular formula is C23H21FN4O3. The van der Waals surface area contributed by atoms with E-state index in [-0.39, 0.29) is 18.2 Å². The van der Waals surface area contributed by atoms with Gasteiger partial charge in [-0.1, -0.05) is 18.2 Å². The molecule has 0 spiro atoms. The van der Waals surface area contributed by atoms with Gasteiger partial charge in [-0.25, -0.2) is 4.39 Å². The zero-order chi connectivity index (χ0) is 22.0. The molecule has 1 aliphatic rings. The van der Waals surface area contributed by atoms with Crippen molar-refractivity contribution in [1.29, 1.82) is 0 Å². The summed E-state index contributed by atoms with van der Waals surface area (Å²) in [6, 6.07) is 14.3.